The zero-order valence-corrected chi connectivity index (χ0v) is 11.8. The van der Waals surface area contributed by atoms with E-state index in [0.717, 1.165) is 17.3 Å². The number of hydrogen-bond acceptors (Lipinski definition) is 5. The second kappa shape index (κ2) is 8.16. The van der Waals surface area contributed by atoms with Crippen molar-refractivity contribution in [2.45, 2.75) is 17.7 Å². The predicted octanol–water partition coefficient (Wildman–Crippen LogP) is 0.0621. The average Bonchev–Trinajstić information content (AvgIpc) is 2.36. The molecule has 1 saturated heterocycles. The first kappa shape index (κ1) is 16.0. The van der Waals surface area contributed by atoms with E-state index < -0.39 is 30.4 Å². The van der Waals surface area contributed by atoms with Crippen molar-refractivity contribution >= 4 is 41.5 Å². The number of nitrogens with one attached hydrogen (secondary N) is 2. The Morgan fingerprint density at radius 3 is 2.53 bits per heavy atom. The van der Waals surface area contributed by atoms with Crippen LogP contribution in [0.3, 0.4) is 0 Å². The first-order valence-corrected chi connectivity index (χ1v) is 7.87. The minimum absolute atomic E-state index is 0.312. The molecule has 108 valence electrons. The maximum absolute atomic E-state index is 11.5. The van der Waals surface area contributed by atoms with Gasteiger partial charge in [0.25, 0.3) is 0 Å². The number of carbonyl (C=O) groups is 3. The lowest BCUT2D eigenvalue weighted by Gasteiger charge is -2.21. The molecule has 7 nitrogen and oxygen atoms in total. The highest BCUT2D eigenvalue weighted by molar-refractivity contribution is 8.06. The average molecular weight is 308 g/mol. The van der Waals surface area contributed by atoms with Crippen molar-refractivity contribution in [1.29, 1.82) is 0 Å². The van der Waals surface area contributed by atoms with Crippen LogP contribution in [0.15, 0.2) is 0 Å². The molecular weight excluding hydrogens is 292 g/mol. The lowest BCUT2D eigenvalue weighted by atomic mass is 10.2. The van der Waals surface area contributed by atoms with Crippen LogP contribution in [-0.4, -0.2) is 63.3 Å². The standard InChI is InChI=1S/C10H16N2O5S2/c13-8(14)3-7(9(15)16)12-10(17)11-4-6-5-18-1-2-19-6/h6-7H,1-5H2,(H,13,14)(H,15,16)(H2,11,12,17)/t6?,7-/m0/s1. The highest BCUT2D eigenvalue weighted by Crippen LogP contribution is 2.23. The molecule has 1 aliphatic rings. The molecule has 0 radical (unpaired) electrons. The lowest BCUT2D eigenvalue weighted by Crippen LogP contribution is -2.48. The zero-order chi connectivity index (χ0) is 14.3. The van der Waals surface area contributed by atoms with Crippen molar-refractivity contribution in [2.75, 3.05) is 23.8 Å². The molecule has 19 heavy (non-hydrogen) atoms. The summed E-state index contributed by atoms with van der Waals surface area (Å²) in [6.45, 7) is 0.447. The van der Waals surface area contributed by atoms with E-state index in [-0.39, 0.29) is 0 Å². The number of amides is 2. The molecule has 1 rings (SSSR count). The first-order chi connectivity index (χ1) is 8.99. The Balaban J connectivity index is 2.31. The Bertz CT molecular complexity index is 347. The van der Waals surface area contributed by atoms with Gasteiger partial charge in [0.2, 0.25) is 0 Å². The largest absolute Gasteiger partial charge is 0.481 e. The Labute approximate surface area is 118 Å². The molecular formula is C10H16N2O5S2. The molecule has 1 unspecified atom stereocenters. The number of aliphatic carboxylic acids is 2. The van der Waals surface area contributed by atoms with Crippen LogP contribution < -0.4 is 10.6 Å². The Morgan fingerprint density at radius 2 is 2.00 bits per heavy atom. The van der Waals surface area contributed by atoms with E-state index in [1.54, 1.807) is 11.8 Å². The second-order valence-electron chi connectivity index (χ2n) is 3.91. The van der Waals surface area contributed by atoms with Crippen molar-refractivity contribution in [3.8, 4) is 0 Å². The third-order valence-electron chi connectivity index (χ3n) is 2.36. The second-order valence-corrected chi connectivity index (χ2v) is 6.47. The van der Waals surface area contributed by atoms with Gasteiger partial charge in [-0.05, 0) is 0 Å². The van der Waals surface area contributed by atoms with Crippen LogP contribution in [0.4, 0.5) is 4.79 Å². The fraction of sp³-hybridized carbons (Fsp3) is 0.700. The van der Waals surface area contributed by atoms with E-state index in [4.69, 9.17) is 10.2 Å². The molecule has 2 atom stereocenters. The van der Waals surface area contributed by atoms with Gasteiger partial charge >= 0.3 is 18.0 Å². The summed E-state index contributed by atoms with van der Waals surface area (Å²) in [5.41, 5.74) is 0. The van der Waals surface area contributed by atoms with E-state index in [9.17, 15) is 14.4 Å². The molecule has 2 amide bonds. The van der Waals surface area contributed by atoms with Gasteiger partial charge in [-0.15, -0.1) is 0 Å². The minimum Gasteiger partial charge on any atom is -0.481 e. The summed E-state index contributed by atoms with van der Waals surface area (Å²) < 4.78 is 0. The molecule has 9 heteroatoms. The van der Waals surface area contributed by atoms with Gasteiger partial charge in [0.15, 0.2) is 0 Å². The fourth-order valence-electron chi connectivity index (χ4n) is 1.44. The smallest absolute Gasteiger partial charge is 0.326 e. The van der Waals surface area contributed by atoms with Gasteiger partial charge in [0, 0.05) is 29.1 Å². The molecule has 1 heterocycles. The van der Waals surface area contributed by atoms with Gasteiger partial charge in [0.05, 0.1) is 6.42 Å². The molecule has 1 fully saturated rings. The molecule has 0 aromatic rings. The molecule has 0 aromatic carbocycles. The van der Waals surface area contributed by atoms with Gasteiger partial charge in [-0.25, -0.2) is 9.59 Å². The summed E-state index contributed by atoms with van der Waals surface area (Å²) in [4.78, 5) is 32.7. The molecule has 1 aliphatic heterocycles. The maximum atomic E-state index is 11.5. The molecule has 0 saturated carbocycles. The summed E-state index contributed by atoms with van der Waals surface area (Å²) in [5, 5.41) is 22.3. The summed E-state index contributed by atoms with van der Waals surface area (Å²) in [7, 11) is 0. The Morgan fingerprint density at radius 1 is 1.26 bits per heavy atom. The van der Waals surface area contributed by atoms with Crippen LogP contribution in [0.2, 0.25) is 0 Å². The van der Waals surface area contributed by atoms with Crippen LogP contribution in [0.1, 0.15) is 6.42 Å². The number of carboxylic acid groups (broad SMARTS) is 2. The summed E-state index contributed by atoms with van der Waals surface area (Å²) in [5.74, 6) is 0.456. The minimum atomic E-state index is -1.41. The van der Waals surface area contributed by atoms with Crippen molar-refractivity contribution < 1.29 is 24.6 Å². The van der Waals surface area contributed by atoms with Crippen molar-refractivity contribution in [3.63, 3.8) is 0 Å². The topological polar surface area (TPSA) is 116 Å². The first-order valence-electron chi connectivity index (χ1n) is 5.67. The SMILES string of the molecule is O=C(O)C[C@H](NC(=O)NCC1CSCCS1)C(=O)O. The summed E-state index contributed by atoms with van der Waals surface area (Å²) in [6.07, 6.45) is -0.642. The monoisotopic (exact) mass is 308 g/mol. The van der Waals surface area contributed by atoms with Crippen LogP contribution in [0.5, 0.6) is 0 Å². The van der Waals surface area contributed by atoms with Crippen LogP contribution in [0, 0.1) is 0 Å². The van der Waals surface area contributed by atoms with Crippen LogP contribution >= 0.6 is 23.5 Å². The number of carbonyl (C=O) groups excluding carboxylic acids is 1. The summed E-state index contributed by atoms with van der Waals surface area (Å²) in [6, 6.07) is -2.06. The fourth-order valence-corrected chi connectivity index (χ4v) is 4.06. The molecule has 0 aliphatic carbocycles. The van der Waals surface area contributed by atoms with E-state index in [2.05, 4.69) is 10.6 Å². The van der Waals surface area contributed by atoms with Crippen LogP contribution in [-0.2, 0) is 9.59 Å². The number of hydrogen-bond donors (Lipinski definition) is 4. The molecule has 0 spiro atoms. The molecule has 0 aromatic heterocycles. The number of rotatable bonds is 6. The Hall–Kier alpha value is -1.09. The van der Waals surface area contributed by atoms with Crippen LogP contribution in [0.25, 0.3) is 0 Å². The predicted molar refractivity (Wildman–Crippen MR) is 73.8 cm³/mol. The van der Waals surface area contributed by atoms with Gasteiger partial charge in [-0.3, -0.25) is 4.79 Å². The lowest BCUT2D eigenvalue weighted by molar-refractivity contribution is -0.145. The number of urea groups is 1. The quantitative estimate of drug-likeness (QED) is 0.548. The normalized spacial score (nSPS) is 20.3. The summed E-state index contributed by atoms with van der Waals surface area (Å²) >= 11 is 3.58. The van der Waals surface area contributed by atoms with Crippen molar-refractivity contribution in [2.24, 2.45) is 0 Å². The third-order valence-corrected chi connectivity index (χ3v) is 5.20. The van der Waals surface area contributed by atoms with E-state index in [1.165, 1.54) is 0 Å². The van der Waals surface area contributed by atoms with Gasteiger partial charge in [-0.1, -0.05) is 0 Å². The zero-order valence-electron chi connectivity index (χ0n) is 10.1. The highest BCUT2D eigenvalue weighted by Gasteiger charge is 2.23. The van der Waals surface area contributed by atoms with Crippen molar-refractivity contribution in [3.05, 3.63) is 0 Å². The number of carboxylic acids is 2. The van der Waals surface area contributed by atoms with Gasteiger partial charge in [-0.2, -0.15) is 23.5 Å². The third kappa shape index (κ3) is 6.58. The van der Waals surface area contributed by atoms with Gasteiger partial charge < -0.3 is 20.8 Å². The van der Waals surface area contributed by atoms with Crippen molar-refractivity contribution in [1.82, 2.24) is 10.6 Å². The van der Waals surface area contributed by atoms with Gasteiger partial charge in [0.1, 0.15) is 6.04 Å². The number of thioether (sulfide) groups is 2. The molecule has 4 N–H and O–H groups in total. The Kier molecular flexibility index (Phi) is 6.85. The van der Waals surface area contributed by atoms with E-state index in [1.807, 2.05) is 11.8 Å². The molecule has 0 bridgehead atoms. The van der Waals surface area contributed by atoms with E-state index >= 15 is 0 Å². The maximum Gasteiger partial charge on any atom is 0.326 e. The highest BCUT2D eigenvalue weighted by atomic mass is 32.2. The van der Waals surface area contributed by atoms with E-state index in [0.29, 0.717) is 11.8 Å².